The highest BCUT2D eigenvalue weighted by Crippen LogP contribution is 2.26. The van der Waals surface area contributed by atoms with Gasteiger partial charge >= 0.3 is 0 Å². The number of amides is 1. The Morgan fingerprint density at radius 2 is 2.11 bits per heavy atom. The van der Waals surface area contributed by atoms with Crippen molar-refractivity contribution in [3.05, 3.63) is 29.6 Å². The molecule has 1 heterocycles. The summed E-state index contributed by atoms with van der Waals surface area (Å²) in [6.45, 7) is 4.31. The van der Waals surface area contributed by atoms with E-state index >= 15 is 0 Å². The second-order valence-corrected chi connectivity index (χ2v) is 4.85. The third-order valence-electron chi connectivity index (χ3n) is 3.27. The molecule has 0 saturated carbocycles. The quantitative estimate of drug-likeness (QED) is 0.846. The van der Waals surface area contributed by atoms with E-state index in [4.69, 9.17) is 0 Å². The highest BCUT2D eigenvalue weighted by molar-refractivity contribution is 5.99. The van der Waals surface area contributed by atoms with Crippen molar-refractivity contribution in [3.8, 4) is 0 Å². The Bertz CT molecular complexity index is 516. The number of nitrogens with zero attached hydrogens (tertiary/aromatic N) is 1. The molecule has 0 aromatic heterocycles. The molecule has 1 atom stereocenters. The van der Waals surface area contributed by atoms with E-state index in [1.54, 1.807) is 6.07 Å². The van der Waals surface area contributed by atoms with Gasteiger partial charge in [0, 0.05) is 37.3 Å². The molecule has 5 heteroatoms. The van der Waals surface area contributed by atoms with Gasteiger partial charge in [-0.2, -0.15) is 0 Å². The Balaban J connectivity index is 2.19. The van der Waals surface area contributed by atoms with Gasteiger partial charge in [0.1, 0.15) is 5.82 Å². The molecule has 1 amide bonds. The third-order valence-corrected chi connectivity index (χ3v) is 3.27. The van der Waals surface area contributed by atoms with Crippen LogP contribution in [-0.2, 0) is 4.79 Å². The van der Waals surface area contributed by atoms with Crippen molar-refractivity contribution in [2.45, 2.75) is 26.3 Å². The molecule has 0 spiro atoms. The molecule has 1 aliphatic rings. The van der Waals surface area contributed by atoms with E-state index in [1.807, 2.05) is 4.90 Å². The molecule has 2 rings (SSSR count). The van der Waals surface area contributed by atoms with Crippen LogP contribution in [0.4, 0.5) is 10.1 Å². The summed E-state index contributed by atoms with van der Waals surface area (Å²) in [6, 6.07) is 4.33. The minimum atomic E-state index is -0.411. The molecule has 0 aliphatic carbocycles. The summed E-state index contributed by atoms with van der Waals surface area (Å²) in [7, 11) is 0. The normalized spacial score (nSPS) is 18.5. The molecule has 1 N–H and O–H groups in total. The van der Waals surface area contributed by atoms with E-state index in [0.29, 0.717) is 12.1 Å². The molecule has 1 saturated heterocycles. The van der Waals surface area contributed by atoms with Gasteiger partial charge in [-0.3, -0.25) is 9.59 Å². The van der Waals surface area contributed by atoms with Crippen molar-refractivity contribution in [1.29, 1.82) is 0 Å². The van der Waals surface area contributed by atoms with Crippen LogP contribution in [0.25, 0.3) is 0 Å². The second kappa shape index (κ2) is 5.38. The van der Waals surface area contributed by atoms with Crippen molar-refractivity contribution in [3.63, 3.8) is 0 Å². The first-order valence-corrected chi connectivity index (χ1v) is 6.30. The largest absolute Gasteiger partial charge is 0.369 e. The Morgan fingerprint density at radius 3 is 2.74 bits per heavy atom. The standard InChI is InChI=1S/C14H17FN2O2/c1-9(18)13-7-11(15)3-4-14(13)17-6-5-12(8-17)16-10(2)19/h3-4,7,12H,5-6,8H2,1-2H3,(H,16,19). The van der Waals surface area contributed by atoms with E-state index in [-0.39, 0.29) is 17.7 Å². The number of nitrogens with one attached hydrogen (secondary N) is 1. The molecular formula is C14H17FN2O2. The monoisotopic (exact) mass is 264 g/mol. The lowest BCUT2D eigenvalue weighted by molar-refractivity contribution is -0.119. The summed E-state index contributed by atoms with van der Waals surface area (Å²) in [5, 5.41) is 2.86. The van der Waals surface area contributed by atoms with Crippen molar-refractivity contribution in [2.24, 2.45) is 0 Å². The van der Waals surface area contributed by atoms with Gasteiger partial charge in [0.2, 0.25) is 5.91 Å². The third kappa shape index (κ3) is 3.10. The first-order chi connectivity index (χ1) is 8.97. The van der Waals surface area contributed by atoms with Crippen LogP contribution in [-0.4, -0.2) is 30.8 Å². The average molecular weight is 264 g/mol. The number of anilines is 1. The van der Waals surface area contributed by atoms with Gasteiger partial charge in [0.25, 0.3) is 0 Å². The number of benzene rings is 1. The van der Waals surface area contributed by atoms with Crippen LogP contribution in [0.1, 0.15) is 30.6 Å². The van der Waals surface area contributed by atoms with Crippen LogP contribution in [0, 0.1) is 5.82 Å². The van der Waals surface area contributed by atoms with Gasteiger partial charge in [-0.15, -0.1) is 0 Å². The molecule has 0 bridgehead atoms. The van der Waals surface area contributed by atoms with Gasteiger partial charge < -0.3 is 10.2 Å². The van der Waals surface area contributed by atoms with Gasteiger partial charge in [0.15, 0.2) is 5.78 Å². The second-order valence-electron chi connectivity index (χ2n) is 4.85. The fourth-order valence-electron chi connectivity index (χ4n) is 2.45. The molecule has 0 radical (unpaired) electrons. The smallest absolute Gasteiger partial charge is 0.217 e. The minimum absolute atomic E-state index is 0.0576. The zero-order valence-electron chi connectivity index (χ0n) is 11.1. The molecule has 1 aliphatic heterocycles. The van der Waals surface area contributed by atoms with Gasteiger partial charge in [-0.05, 0) is 31.5 Å². The zero-order valence-corrected chi connectivity index (χ0v) is 11.1. The van der Waals surface area contributed by atoms with Crippen LogP contribution in [0.15, 0.2) is 18.2 Å². The van der Waals surface area contributed by atoms with Crippen LogP contribution in [0.2, 0.25) is 0 Å². The van der Waals surface area contributed by atoms with E-state index in [9.17, 15) is 14.0 Å². The Labute approximate surface area is 111 Å². The fourth-order valence-corrected chi connectivity index (χ4v) is 2.45. The molecule has 1 aromatic carbocycles. The Hall–Kier alpha value is -1.91. The first-order valence-electron chi connectivity index (χ1n) is 6.30. The molecule has 4 nitrogen and oxygen atoms in total. The number of halogens is 1. The van der Waals surface area contributed by atoms with Gasteiger partial charge in [0.05, 0.1) is 0 Å². The predicted molar refractivity (Wildman–Crippen MR) is 70.8 cm³/mol. The lowest BCUT2D eigenvalue weighted by atomic mass is 10.1. The van der Waals surface area contributed by atoms with E-state index < -0.39 is 5.82 Å². The Kier molecular flexibility index (Phi) is 3.83. The molecule has 1 fully saturated rings. The number of hydrogen-bond acceptors (Lipinski definition) is 3. The topological polar surface area (TPSA) is 49.4 Å². The highest BCUT2D eigenvalue weighted by Gasteiger charge is 2.25. The number of ketones is 1. The first kappa shape index (κ1) is 13.5. The maximum Gasteiger partial charge on any atom is 0.217 e. The van der Waals surface area contributed by atoms with E-state index in [2.05, 4.69) is 5.32 Å². The summed E-state index contributed by atoms with van der Waals surface area (Å²) in [5.74, 6) is -0.623. The SMILES string of the molecule is CC(=O)NC1CCN(c2ccc(F)cc2C(C)=O)C1. The van der Waals surface area contributed by atoms with Crippen LogP contribution >= 0.6 is 0 Å². The van der Waals surface area contributed by atoms with E-state index in [0.717, 1.165) is 18.7 Å². The van der Waals surface area contributed by atoms with Crippen molar-refractivity contribution >= 4 is 17.4 Å². The van der Waals surface area contributed by atoms with Crippen molar-refractivity contribution in [2.75, 3.05) is 18.0 Å². The maximum absolute atomic E-state index is 13.2. The predicted octanol–water partition coefficient (Wildman–Crippen LogP) is 1.74. The van der Waals surface area contributed by atoms with Crippen LogP contribution in [0.5, 0.6) is 0 Å². The minimum Gasteiger partial charge on any atom is -0.369 e. The molecule has 1 unspecified atom stereocenters. The summed E-state index contributed by atoms with van der Waals surface area (Å²) >= 11 is 0. The summed E-state index contributed by atoms with van der Waals surface area (Å²) in [6.07, 6.45) is 0.828. The lowest BCUT2D eigenvalue weighted by Crippen LogP contribution is -2.35. The van der Waals surface area contributed by atoms with Crippen molar-refractivity contribution in [1.82, 2.24) is 5.32 Å². The fraction of sp³-hybridized carbons (Fsp3) is 0.429. The lowest BCUT2D eigenvalue weighted by Gasteiger charge is -2.21. The average Bonchev–Trinajstić information content (AvgIpc) is 2.76. The number of Topliss-reactive ketones (excluding diaryl/α,β-unsaturated/α-hetero) is 1. The van der Waals surface area contributed by atoms with Gasteiger partial charge in [-0.1, -0.05) is 0 Å². The van der Waals surface area contributed by atoms with E-state index in [1.165, 1.54) is 26.0 Å². The zero-order chi connectivity index (χ0) is 14.0. The Morgan fingerprint density at radius 1 is 1.37 bits per heavy atom. The van der Waals surface area contributed by atoms with Gasteiger partial charge in [-0.25, -0.2) is 4.39 Å². The van der Waals surface area contributed by atoms with Crippen LogP contribution < -0.4 is 10.2 Å². The molecule has 19 heavy (non-hydrogen) atoms. The highest BCUT2D eigenvalue weighted by atomic mass is 19.1. The maximum atomic E-state index is 13.2. The summed E-state index contributed by atoms with van der Waals surface area (Å²) in [4.78, 5) is 24.6. The van der Waals surface area contributed by atoms with Crippen LogP contribution in [0.3, 0.4) is 0 Å². The number of hydrogen-bond donors (Lipinski definition) is 1. The number of carbonyl (C=O) groups excluding carboxylic acids is 2. The molecule has 102 valence electrons. The number of carbonyl (C=O) groups is 2. The number of rotatable bonds is 3. The summed E-state index contributed by atoms with van der Waals surface area (Å²) < 4.78 is 13.2. The molecular weight excluding hydrogens is 247 g/mol. The summed E-state index contributed by atoms with van der Waals surface area (Å²) in [5.41, 5.74) is 1.13. The van der Waals surface area contributed by atoms with Crippen molar-refractivity contribution < 1.29 is 14.0 Å². The molecule has 1 aromatic rings.